The van der Waals surface area contributed by atoms with E-state index < -0.39 is 0 Å². The van der Waals surface area contributed by atoms with Gasteiger partial charge in [0.2, 0.25) is 0 Å². The number of hydrogen-bond acceptors (Lipinski definition) is 2. The van der Waals surface area contributed by atoms with E-state index >= 15 is 0 Å². The van der Waals surface area contributed by atoms with Crippen molar-refractivity contribution in [3.05, 3.63) is 53.6 Å². The summed E-state index contributed by atoms with van der Waals surface area (Å²) in [5.41, 5.74) is 4.89. The third-order valence-electron chi connectivity index (χ3n) is 2.92. The highest BCUT2D eigenvalue weighted by molar-refractivity contribution is 7.21. The number of hydrogen-bond donors (Lipinski definition) is 0. The summed E-state index contributed by atoms with van der Waals surface area (Å²) in [6, 6.07) is 14.8. The molecule has 0 saturated carbocycles. The Morgan fingerprint density at radius 1 is 1.00 bits per heavy atom. The van der Waals surface area contributed by atoms with Crippen molar-refractivity contribution in [3.63, 3.8) is 0 Å². The molecule has 0 aliphatic carbocycles. The molecule has 1 nitrogen and oxygen atoms in total. The van der Waals surface area contributed by atoms with Gasteiger partial charge in [-0.3, -0.25) is 0 Å². The molecule has 0 bridgehead atoms. The first kappa shape index (κ1) is 10.5. The molecular weight excluding hydrogens is 226 g/mol. The molecule has 0 unspecified atom stereocenters. The maximum absolute atomic E-state index is 4.72. The monoisotopic (exact) mass is 239 g/mol. The highest BCUT2D eigenvalue weighted by Gasteiger charge is 2.07. The number of benzene rings is 2. The molecule has 0 saturated heterocycles. The molecule has 3 rings (SSSR count). The van der Waals surface area contributed by atoms with Gasteiger partial charge in [-0.1, -0.05) is 30.3 Å². The van der Waals surface area contributed by atoms with Crippen molar-refractivity contribution >= 4 is 21.6 Å². The molecule has 0 spiro atoms. The normalized spacial score (nSPS) is 10.9. The fourth-order valence-electron chi connectivity index (χ4n) is 1.97. The van der Waals surface area contributed by atoms with Gasteiger partial charge in [-0.15, -0.1) is 11.3 Å². The standard InChI is InChI=1S/C15H13NS/c1-10-7-8-14-13(9-10)16-15(17-14)12-6-4-3-5-11(12)2/h3-9H,1-2H3. The molecule has 0 fully saturated rings. The Morgan fingerprint density at radius 2 is 1.82 bits per heavy atom. The lowest BCUT2D eigenvalue weighted by Crippen LogP contribution is -1.80. The van der Waals surface area contributed by atoms with Gasteiger partial charge in [0, 0.05) is 5.56 Å². The molecule has 17 heavy (non-hydrogen) atoms. The van der Waals surface area contributed by atoms with Crippen LogP contribution in [0.5, 0.6) is 0 Å². The SMILES string of the molecule is Cc1ccc2sc(-c3ccccc3C)nc2c1. The summed E-state index contributed by atoms with van der Waals surface area (Å²) >= 11 is 1.76. The second kappa shape index (κ2) is 3.97. The quantitative estimate of drug-likeness (QED) is 0.605. The van der Waals surface area contributed by atoms with Gasteiger partial charge >= 0.3 is 0 Å². The number of thiazole rings is 1. The molecule has 2 heteroatoms. The van der Waals surface area contributed by atoms with Gasteiger partial charge in [0.15, 0.2) is 0 Å². The van der Waals surface area contributed by atoms with Gasteiger partial charge in [0.25, 0.3) is 0 Å². The van der Waals surface area contributed by atoms with Crippen molar-refractivity contribution in [2.24, 2.45) is 0 Å². The van der Waals surface area contributed by atoms with Crippen LogP contribution in [0.2, 0.25) is 0 Å². The van der Waals surface area contributed by atoms with Gasteiger partial charge in [0.1, 0.15) is 5.01 Å². The van der Waals surface area contributed by atoms with Crippen LogP contribution in [0.4, 0.5) is 0 Å². The van der Waals surface area contributed by atoms with Crippen molar-refractivity contribution < 1.29 is 0 Å². The maximum Gasteiger partial charge on any atom is 0.124 e. The topological polar surface area (TPSA) is 12.9 Å². The largest absolute Gasteiger partial charge is 0.236 e. The van der Waals surface area contributed by atoms with Crippen LogP contribution in [-0.2, 0) is 0 Å². The van der Waals surface area contributed by atoms with E-state index in [0.29, 0.717) is 0 Å². The van der Waals surface area contributed by atoms with Crippen LogP contribution < -0.4 is 0 Å². The first-order valence-corrected chi connectivity index (χ1v) is 6.49. The van der Waals surface area contributed by atoms with Gasteiger partial charge in [-0.25, -0.2) is 4.98 Å². The molecule has 3 aromatic rings. The first-order valence-electron chi connectivity index (χ1n) is 5.67. The molecule has 0 N–H and O–H groups in total. The van der Waals surface area contributed by atoms with Crippen molar-refractivity contribution in [2.75, 3.05) is 0 Å². The van der Waals surface area contributed by atoms with Crippen LogP contribution in [0.15, 0.2) is 42.5 Å². The predicted octanol–water partition coefficient (Wildman–Crippen LogP) is 4.58. The van der Waals surface area contributed by atoms with E-state index in [-0.39, 0.29) is 0 Å². The minimum Gasteiger partial charge on any atom is -0.236 e. The summed E-state index contributed by atoms with van der Waals surface area (Å²) in [7, 11) is 0. The molecule has 0 aliphatic rings. The molecule has 2 aromatic carbocycles. The highest BCUT2D eigenvalue weighted by Crippen LogP contribution is 2.32. The zero-order valence-corrected chi connectivity index (χ0v) is 10.7. The van der Waals surface area contributed by atoms with Crippen molar-refractivity contribution in [1.82, 2.24) is 4.98 Å². The smallest absolute Gasteiger partial charge is 0.124 e. The molecule has 0 aliphatic heterocycles. The van der Waals surface area contributed by atoms with Gasteiger partial charge in [-0.05, 0) is 37.1 Å². The number of fused-ring (bicyclic) bond motifs is 1. The number of rotatable bonds is 1. The lowest BCUT2D eigenvalue weighted by atomic mass is 10.1. The van der Waals surface area contributed by atoms with E-state index in [1.807, 2.05) is 0 Å². The third kappa shape index (κ3) is 1.85. The number of aromatic nitrogens is 1. The van der Waals surface area contributed by atoms with E-state index in [1.54, 1.807) is 11.3 Å². The highest BCUT2D eigenvalue weighted by atomic mass is 32.1. The van der Waals surface area contributed by atoms with E-state index in [2.05, 4.69) is 56.3 Å². The fraction of sp³-hybridized carbons (Fsp3) is 0.133. The minimum absolute atomic E-state index is 1.10. The van der Waals surface area contributed by atoms with Gasteiger partial charge < -0.3 is 0 Å². The summed E-state index contributed by atoms with van der Waals surface area (Å²) < 4.78 is 1.26. The predicted molar refractivity (Wildman–Crippen MR) is 74.5 cm³/mol. The first-order chi connectivity index (χ1) is 8.24. The molecule has 1 heterocycles. The molecule has 0 radical (unpaired) electrons. The van der Waals surface area contributed by atoms with E-state index in [0.717, 1.165) is 10.5 Å². The summed E-state index contributed by atoms with van der Waals surface area (Å²) in [5.74, 6) is 0. The minimum atomic E-state index is 1.10. The van der Waals surface area contributed by atoms with Crippen LogP contribution in [0.1, 0.15) is 11.1 Å². The fourth-order valence-corrected chi connectivity index (χ4v) is 3.00. The maximum atomic E-state index is 4.72. The summed E-state index contributed by atoms with van der Waals surface area (Å²) in [4.78, 5) is 4.72. The lowest BCUT2D eigenvalue weighted by Gasteiger charge is -1.99. The Hall–Kier alpha value is -1.67. The van der Waals surface area contributed by atoms with E-state index in [4.69, 9.17) is 4.98 Å². The van der Waals surface area contributed by atoms with Crippen molar-refractivity contribution in [3.8, 4) is 10.6 Å². The van der Waals surface area contributed by atoms with E-state index in [1.165, 1.54) is 21.4 Å². The van der Waals surface area contributed by atoms with Crippen molar-refractivity contribution in [2.45, 2.75) is 13.8 Å². The van der Waals surface area contributed by atoms with Crippen LogP contribution in [0.3, 0.4) is 0 Å². The zero-order valence-electron chi connectivity index (χ0n) is 9.90. The number of aryl methyl sites for hydroxylation is 2. The Labute approximate surface area is 105 Å². The molecule has 84 valence electrons. The van der Waals surface area contributed by atoms with Crippen LogP contribution in [0, 0.1) is 13.8 Å². The van der Waals surface area contributed by atoms with Crippen LogP contribution in [0.25, 0.3) is 20.8 Å². The number of nitrogens with zero attached hydrogens (tertiary/aromatic N) is 1. The second-order valence-electron chi connectivity index (χ2n) is 4.31. The van der Waals surface area contributed by atoms with Crippen LogP contribution >= 0.6 is 11.3 Å². The van der Waals surface area contributed by atoms with Crippen molar-refractivity contribution in [1.29, 1.82) is 0 Å². The average molecular weight is 239 g/mol. The summed E-state index contributed by atoms with van der Waals surface area (Å²) in [5, 5.41) is 1.11. The Bertz CT molecular complexity index is 682. The lowest BCUT2D eigenvalue weighted by molar-refractivity contribution is 1.40. The Morgan fingerprint density at radius 3 is 2.65 bits per heavy atom. The molecular formula is C15H13NS. The zero-order chi connectivity index (χ0) is 11.8. The Kier molecular flexibility index (Phi) is 2.45. The summed E-state index contributed by atoms with van der Waals surface area (Å²) in [6.45, 7) is 4.23. The third-order valence-corrected chi connectivity index (χ3v) is 3.99. The van der Waals surface area contributed by atoms with E-state index in [9.17, 15) is 0 Å². The van der Waals surface area contributed by atoms with Gasteiger partial charge in [-0.2, -0.15) is 0 Å². The second-order valence-corrected chi connectivity index (χ2v) is 5.34. The summed E-state index contributed by atoms with van der Waals surface area (Å²) in [6.07, 6.45) is 0. The van der Waals surface area contributed by atoms with Gasteiger partial charge in [0.05, 0.1) is 10.2 Å². The Balaban J connectivity index is 2.22. The van der Waals surface area contributed by atoms with Crippen LogP contribution in [-0.4, -0.2) is 4.98 Å². The average Bonchev–Trinajstić information content (AvgIpc) is 2.72. The molecule has 0 amide bonds. The molecule has 1 aromatic heterocycles. The molecule has 0 atom stereocenters.